The number of carbonyl (C=O) groups excluding carboxylic acids is 1. The van der Waals surface area contributed by atoms with Crippen LogP contribution < -0.4 is 15.4 Å². The van der Waals surface area contributed by atoms with Crippen LogP contribution in [0.1, 0.15) is 50.1 Å². The number of halogens is 1. The second-order valence-electron chi connectivity index (χ2n) is 7.30. The third kappa shape index (κ3) is 9.07. The molecule has 0 bridgehead atoms. The van der Waals surface area contributed by atoms with E-state index in [9.17, 15) is 4.79 Å². The zero-order valence-corrected chi connectivity index (χ0v) is 20.8. The van der Waals surface area contributed by atoms with E-state index in [0.717, 1.165) is 57.2 Å². The minimum absolute atomic E-state index is 0. The van der Waals surface area contributed by atoms with Crippen molar-refractivity contribution in [3.63, 3.8) is 0 Å². The lowest BCUT2D eigenvalue weighted by Crippen LogP contribution is -2.43. The Kier molecular flexibility index (Phi) is 13.5. The molecule has 1 fully saturated rings. The van der Waals surface area contributed by atoms with Crippen molar-refractivity contribution in [1.29, 1.82) is 0 Å². The van der Waals surface area contributed by atoms with E-state index in [2.05, 4.69) is 43.5 Å². The van der Waals surface area contributed by atoms with Crippen LogP contribution in [0.4, 0.5) is 0 Å². The molecule has 0 spiro atoms. The predicted molar refractivity (Wildman–Crippen MR) is 132 cm³/mol. The fourth-order valence-electron chi connectivity index (χ4n) is 3.65. The van der Waals surface area contributed by atoms with Crippen molar-refractivity contribution in [2.45, 2.75) is 44.6 Å². The zero-order chi connectivity index (χ0) is 20.9. The quantitative estimate of drug-likeness (QED) is 0.150. The number of unbranched alkanes of at least 4 members (excludes halogenated alkanes) is 2. The van der Waals surface area contributed by atoms with Crippen LogP contribution in [0.15, 0.2) is 29.3 Å². The van der Waals surface area contributed by atoms with Crippen LogP contribution in [-0.2, 0) is 9.53 Å². The highest BCUT2D eigenvalue weighted by Crippen LogP contribution is 2.27. The molecule has 1 aromatic rings. The minimum atomic E-state index is -0.138. The van der Waals surface area contributed by atoms with Crippen molar-refractivity contribution >= 4 is 35.9 Å². The molecule has 0 radical (unpaired) electrons. The maximum atomic E-state index is 11.1. The van der Waals surface area contributed by atoms with Gasteiger partial charge < -0.3 is 20.1 Å². The van der Waals surface area contributed by atoms with Gasteiger partial charge in [-0.2, -0.15) is 0 Å². The Hall–Kier alpha value is -1.55. The summed E-state index contributed by atoms with van der Waals surface area (Å²) in [5.74, 6) is 1.56. The van der Waals surface area contributed by atoms with Crippen molar-refractivity contribution in [3.05, 3.63) is 29.8 Å². The average Bonchev–Trinajstić information content (AvgIpc) is 3.29. The average molecular weight is 532 g/mol. The Morgan fingerprint density at radius 1 is 1.17 bits per heavy atom. The highest BCUT2D eigenvalue weighted by Gasteiger charge is 2.24. The number of carbonyl (C=O) groups is 1. The van der Waals surface area contributed by atoms with E-state index in [-0.39, 0.29) is 36.0 Å². The molecule has 0 aromatic heterocycles. The lowest BCUT2D eigenvalue weighted by Gasteiger charge is -2.29. The van der Waals surface area contributed by atoms with Gasteiger partial charge in [0.15, 0.2) is 5.96 Å². The van der Waals surface area contributed by atoms with E-state index >= 15 is 0 Å². The molecule has 7 nitrogen and oxygen atoms in total. The molecule has 0 aliphatic carbocycles. The Morgan fingerprint density at radius 3 is 2.60 bits per heavy atom. The molecule has 1 aromatic carbocycles. The third-order valence-corrected chi connectivity index (χ3v) is 5.32. The summed E-state index contributed by atoms with van der Waals surface area (Å²) in [4.78, 5) is 18.0. The van der Waals surface area contributed by atoms with Crippen molar-refractivity contribution in [2.75, 3.05) is 47.4 Å². The van der Waals surface area contributed by atoms with Crippen LogP contribution in [0, 0.1) is 0 Å². The first-order chi connectivity index (χ1) is 14.2. The van der Waals surface area contributed by atoms with Crippen LogP contribution in [0.3, 0.4) is 0 Å². The fraction of sp³-hybridized carbons (Fsp3) is 0.636. The summed E-state index contributed by atoms with van der Waals surface area (Å²) in [7, 11) is 4.93. The molecule has 1 heterocycles. The van der Waals surface area contributed by atoms with Gasteiger partial charge in [-0.1, -0.05) is 18.6 Å². The first-order valence-corrected chi connectivity index (χ1v) is 10.6. The van der Waals surface area contributed by atoms with Gasteiger partial charge in [-0.15, -0.1) is 24.0 Å². The smallest absolute Gasteiger partial charge is 0.305 e. The molecule has 30 heavy (non-hydrogen) atoms. The summed E-state index contributed by atoms with van der Waals surface area (Å²) in [6, 6.07) is 8.62. The molecule has 1 aliphatic heterocycles. The number of nitrogens with zero attached hydrogens (tertiary/aromatic N) is 2. The van der Waals surface area contributed by atoms with Gasteiger partial charge in [0.2, 0.25) is 0 Å². The predicted octanol–water partition coefficient (Wildman–Crippen LogP) is 3.35. The van der Waals surface area contributed by atoms with Gasteiger partial charge in [-0.25, -0.2) is 0 Å². The first-order valence-electron chi connectivity index (χ1n) is 10.6. The van der Waals surface area contributed by atoms with Crippen LogP contribution in [0.2, 0.25) is 0 Å². The lowest BCUT2D eigenvalue weighted by atomic mass is 10.1. The number of rotatable bonds is 11. The Morgan fingerprint density at radius 2 is 1.93 bits per heavy atom. The van der Waals surface area contributed by atoms with Crippen molar-refractivity contribution < 1.29 is 14.3 Å². The summed E-state index contributed by atoms with van der Waals surface area (Å²) < 4.78 is 10.1. The summed E-state index contributed by atoms with van der Waals surface area (Å²) in [5, 5.41) is 6.85. The lowest BCUT2D eigenvalue weighted by molar-refractivity contribution is -0.140. The van der Waals surface area contributed by atoms with Crippen LogP contribution in [-0.4, -0.2) is 64.3 Å². The van der Waals surface area contributed by atoms with E-state index in [4.69, 9.17) is 4.74 Å². The molecular weight excluding hydrogens is 495 g/mol. The Bertz CT molecular complexity index is 651. The number of ether oxygens (including phenoxy) is 2. The molecule has 1 unspecified atom stereocenters. The normalized spacial score (nSPS) is 15.2. The molecule has 0 amide bonds. The zero-order valence-electron chi connectivity index (χ0n) is 18.5. The number of esters is 1. The van der Waals surface area contributed by atoms with Crippen molar-refractivity contribution in [2.24, 2.45) is 4.99 Å². The van der Waals surface area contributed by atoms with Crippen LogP contribution in [0.25, 0.3) is 0 Å². The molecule has 1 atom stereocenters. The monoisotopic (exact) mass is 532 g/mol. The molecular formula is C22H37IN4O3. The summed E-state index contributed by atoms with van der Waals surface area (Å²) >= 11 is 0. The standard InChI is InChI=1S/C22H36N4O3.HI/c1-23-22(24-13-6-4-5-12-21(27)29-3)25-17-20(26-14-7-8-15-26)18-10-9-11-19(16-18)28-2;/h9-11,16,20H,4-8,12-15,17H2,1-3H3,(H2,23,24,25);1H. The van der Waals surface area contributed by atoms with Crippen LogP contribution >= 0.6 is 24.0 Å². The number of likely N-dealkylation sites (tertiary alicyclic amines) is 1. The van der Waals surface area contributed by atoms with Crippen molar-refractivity contribution in [1.82, 2.24) is 15.5 Å². The first kappa shape index (κ1) is 26.5. The van der Waals surface area contributed by atoms with E-state index < -0.39 is 0 Å². The number of guanidine groups is 1. The maximum absolute atomic E-state index is 11.1. The van der Waals surface area contributed by atoms with Gasteiger partial charge in [0.25, 0.3) is 0 Å². The second-order valence-corrected chi connectivity index (χ2v) is 7.30. The third-order valence-electron chi connectivity index (χ3n) is 5.32. The molecule has 170 valence electrons. The summed E-state index contributed by atoms with van der Waals surface area (Å²) in [5.41, 5.74) is 1.26. The SMILES string of the molecule is CN=C(NCCCCCC(=O)OC)NCC(c1cccc(OC)c1)N1CCCC1.I. The summed E-state index contributed by atoms with van der Waals surface area (Å²) in [6.45, 7) is 3.86. The van der Waals surface area contributed by atoms with E-state index in [1.165, 1.54) is 25.5 Å². The van der Waals surface area contributed by atoms with Gasteiger partial charge in [0, 0.05) is 26.6 Å². The molecule has 0 saturated carbocycles. The van der Waals surface area contributed by atoms with E-state index in [0.29, 0.717) is 6.42 Å². The number of hydrogen-bond acceptors (Lipinski definition) is 5. The van der Waals surface area contributed by atoms with Crippen LogP contribution in [0.5, 0.6) is 5.75 Å². The molecule has 2 rings (SSSR count). The number of methoxy groups -OCH3 is 2. The second kappa shape index (κ2) is 15.3. The van der Waals surface area contributed by atoms with Gasteiger partial charge >= 0.3 is 5.97 Å². The summed E-state index contributed by atoms with van der Waals surface area (Å²) in [6.07, 6.45) is 5.81. The number of hydrogen-bond donors (Lipinski definition) is 2. The van der Waals surface area contributed by atoms with Crippen molar-refractivity contribution in [3.8, 4) is 5.75 Å². The van der Waals surface area contributed by atoms with Gasteiger partial charge in [0.1, 0.15) is 5.75 Å². The van der Waals surface area contributed by atoms with E-state index in [1.807, 2.05) is 6.07 Å². The Balaban J connectivity index is 0.00000450. The molecule has 8 heteroatoms. The minimum Gasteiger partial charge on any atom is -0.497 e. The largest absolute Gasteiger partial charge is 0.497 e. The fourth-order valence-corrected chi connectivity index (χ4v) is 3.65. The maximum Gasteiger partial charge on any atom is 0.305 e. The molecule has 2 N–H and O–H groups in total. The van der Waals surface area contributed by atoms with Gasteiger partial charge in [-0.05, 0) is 56.5 Å². The highest BCUT2D eigenvalue weighted by molar-refractivity contribution is 14.0. The number of nitrogens with one attached hydrogen (secondary N) is 2. The van der Waals surface area contributed by atoms with E-state index in [1.54, 1.807) is 14.2 Å². The Labute approximate surface area is 198 Å². The van der Waals surface area contributed by atoms with Gasteiger partial charge in [0.05, 0.1) is 20.3 Å². The van der Waals surface area contributed by atoms with Gasteiger partial charge in [-0.3, -0.25) is 14.7 Å². The molecule has 1 saturated heterocycles. The highest BCUT2D eigenvalue weighted by atomic mass is 127. The number of aliphatic imine (C=N–C) groups is 1. The number of benzene rings is 1. The molecule has 1 aliphatic rings. The topological polar surface area (TPSA) is 75.2 Å².